The molecule has 4 aliphatic rings. The summed E-state index contributed by atoms with van der Waals surface area (Å²) in [5.74, 6) is -0.990. The number of H-pyrrole nitrogens is 1. The summed E-state index contributed by atoms with van der Waals surface area (Å²) in [6, 6.07) is 0.180. The molecule has 2 aromatic rings. The van der Waals surface area contributed by atoms with Crippen LogP contribution in [0.25, 0.3) is 11.7 Å². The monoisotopic (exact) mass is 454 g/mol. The second-order valence-corrected chi connectivity index (χ2v) is 10.2. The Morgan fingerprint density at radius 3 is 2.82 bits per heavy atom. The van der Waals surface area contributed by atoms with Gasteiger partial charge in [-0.1, -0.05) is 11.4 Å². The first-order chi connectivity index (χ1) is 15.8. The maximum atomic E-state index is 13.2. The van der Waals surface area contributed by atoms with Crippen LogP contribution in [0.15, 0.2) is 17.1 Å². The van der Waals surface area contributed by atoms with E-state index >= 15 is 0 Å². The van der Waals surface area contributed by atoms with Crippen LogP contribution in [0.5, 0.6) is 5.88 Å². The van der Waals surface area contributed by atoms with Crippen LogP contribution in [0.2, 0.25) is 0 Å². The molecule has 0 aromatic carbocycles. The summed E-state index contributed by atoms with van der Waals surface area (Å²) in [4.78, 5) is 40.5. The van der Waals surface area contributed by atoms with Crippen molar-refractivity contribution in [3.05, 3.63) is 33.8 Å². The van der Waals surface area contributed by atoms with Gasteiger partial charge in [-0.25, -0.2) is 9.89 Å². The van der Waals surface area contributed by atoms with Gasteiger partial charge >= 0.3 is 17.1 Å². The van der Waals surface area contributed by atoms with Gasteiger partial charge in [0.15, 0.2) is 0 Å². The van der Waals surface area contributed by atoms with E-state index in [1.165, 1.54) is 10.6 Å². The summed E-state index contributed by atoms with van der Waals surface area (Å²) in [7, 11) is 0. The number of rotatable bonds is 6. The molecule has 2 atom stereocenters. The maximum Gasteiger partial charge on any atom is 0.378 e. The van der Waals surface area contributed by atoms with Gasteiger partial charge < -0.3 is 20.1 Å². The number of aromatic nitrogens is 3. The van der Waals surface area contributed by atoms with Crippen LogP contribution >= 0.6 is 0 Å². The predicted molar refractivity (Wildman–Crippen MR) is 117 cm³/mol. The molecule has 0 spiro atoms. The minimum absolute atomic E-state index is 0.00681. The molecule has 2 saturated carbocycles. The lowest BCUT2D eigenvalue weighted by molar-refractivity contribution is -0.689. The van der Waals surface area contributed by atoms with Gasteiger partial charge in [0.1, 0.15) is 0 Å². The predicted octanol–water partition coefficient (Wildman–Crippen LogP) is 0.326. The first kappa shape index (κ1) is 20.5. The summed E-state index contributed by atoms with van der Waals surface area (Å²) < 4.78 is 8.48. The van der Waals surface area contributed by atoms with Crippen molar-refractivity contribution in [1.29, 1.82) is 0 Å². The van der Waals surface area contributed by atoms with Gasteiger partial charge in [0.25, 0.3) is 5.91 Å². The first-order valence-corrected chi connectivity index (χ1v) is 11.6. The number of hydrogen-bond donors (Lipinski definition) is 3. The Morgan fingerprint density at radius 2 is 2.18 bits per heavy atom. The van der Waals surface area contributed by atoms with Gasteiger partial charge in [0.05, 0.1) is 37.1 Å². The number of carbonyl (C=O) groups excluding carboxylic acids is 2. The molecule has 4 heterocycles. The standard InChI is InChI=1S/C23H27N5O5/c1-23(6-7-23)12-27-20-13(2-5-17(29)26-10-16-8-15(26)11-33-16)9-24-28(20)22(32)18(21(27)31)19(30)25-14-3-4-14/h2,5,9,14-16H,3-4,6-8,10-12H2,1H3,(H2,25,30,31,32)/p+1/b5-2+/t15-,16-/m1/s1. The lowest BCUT2D eigenvalue weighted by atomic mass is 10.1. The number of likely N-dealkylation sites (tertiary alicyclic amines) is 1. The molecule has 4 fully saturated rings. The zero-order valence-electron chi connectivity index (χ0n) is 18.5. The average molecular weight is 455 g/mol. The fourth-order valence-electron chi connectivity index (χ4n) is 4.90. The largest absolute Gasteiger partial charge is 0.477 e. The van der Waals surface area contributed by atoms with E-state index in [1.807, 2.05) is 4.90 Å². The minimum atomic E-state index is -0.613. The van der Waals surface area contributed by atoms with E-state index in [0.29, 0.717) is 30.9 Å². The number of morpholine rings is 1. The van der Waals surface area contributed by atoms with Crippen LogP contribution in [-0.2, 0) is 16.1 Å². The molecule has 0 unspecified atom stereocenters. The molecule has 174 valence electrons. The van der Waals surface area contributed by atoms with E-state index in [2.05, 4.69) is 17.3 Å². The van der Waals surface area contributed by atoms with Gasteiger partial charge in [-0.15, -0.1) is 0 Å². The number of carbonyl (C=O) groups is 2. The van der Waals surface area contributed by atoms with Crippen LogP contribution in [-0.4, -0.2) is 62.8 Å². The smallest absolute Gasteiger partial charge is 0.378 e. The average Bonchev–Trinajstić information content (AvgIpc) is 3.57. The third kappa shape index (κ3) is 3.52. The second-order valence-electron chi connectivity index (χ2n) is 10.2. The fourth-order valence-corrected chi connectivity index (χ4v) is 4.90. The highest BCUT2D eigenvalue weighted by molar-refractivity contribution is 5.96. The van der Waals surface area contributed by atoms with Gasteiger partial charge in [-0.3, -0.25) is 9.59 Å². The number of nitrogens with zero attached hydrogens (tertiary/aromatic N) is 3. The number of hydrogen-bond acceptors (Lipinski definition) is 5. The van der Waals surface area contributed by atoms with Crippen LogP contribution < -0.4 is 15.4 Å². The van der Waals surface area contributed by atoms with Crippen molar-refractivity contribution in [2.45, 2.75) is 63.8 Å². The number of amides is 2. The first-order valence-electron chi connectivity index (χ1n) is 11.6. The van der Waals surface area contributed by atoms with Crippen molar-refractivity contribution in [3.63, 3.8) is 0 Å². The lowest BCUT2D eigenvalue weighted by Gasteiger charge is -2.25. The lowest BCUT2D eigenvalue weighted by Crippen LogP contribution is -2.46. The molecular weight excluding hydrogens is 426 g/mol. The van der Waals surface area contributed by atoms with Gasteiger partial charge in [-0.05, 0) is 38.2 Å². The molecule has 6 rings (SSSR count). The molecule has 2 aliphatic carbocycles. The molecule has 10 nitrogen and oxygen atoms in total. The zero-order chi connectivity index (χ0) is 22.9. The highest BCUT2D eigenvalue weighted by Crippen LogP contribution is 2.45. The molecule has 2 amide bonds. The quantitative estimate of drug-likeness (QED) is 0.429. The van der Waals surface area contributed by atoms with Crippen molar-refractivity contribution >= 4 is 23.5 Å². The van der Waals surface area contributed by atoms with Gasteiger partial charge in [0, 0.05) is 24.1 Å². The van der Waals surface area contributed by atoms with Crippen molar-refractivity contribution in [3.8, 4) is 5.88 Å². The molecule has 10 heteroatoms. The Balaban J connectivity index is 1.39. The number of aromatic hydroxyl groups is 1. The molecule has 0 radical (unpaired) electrons. The molecular formula is C23H28N5O5+. The topological polar surface area (TPSA) is 120 Å². The molecule has 2 aliphatic heterocycles. The Bertz CT molecular complexity index is 1250. The second kappa shape index (κ2) is 7.18. The van der Waals surface area contributed by atoms with Crippen LogP contribution in [0, 0.1) is 5.41 Å². The zero-order valence-corrected chi connectivity index (χ0v) is 18.5. The molecule has 2 saturated heterocycles. The van der Waals surface area contributed by atoms with Crippen molar-refractivity contribution in [2.75, 3.05) is 13.2 Å². The van der Waals surface area contributed by atoms with E-state index in [0.717, 1.165) is 32.1 Å². The number of nitrogens with one attached hydrogen (secondary N) is 2. The third-order valence-corrected chi connectivity index (χ3v) is 7.34. The molecule has 3 N–H and O–H groups in total. The Labute approximate surface area is 189 Å². The Hall–Kier alpha value is -3.14. The summed E-state index contributed by atoms with van der Waals surface area (Å²) in [6.07, 6.45) is 9.54. The SMILES string of the molecule is CC1(C[n+]2c(O)c(C(=O)NC3CC3)c(=O)n3[nH]cc(/C=C/C(=O)N4C[C@H]5C[C@@H]4CO5)c32)CC1. The number of aromatic amines is 1. The number of ether oxygens (including phenoxy) is 1. The van der Waals surface area contributed by atoms with Crippen LogP contribution in [0.3, 0.4) is 0 Å². The highest BCUT2D eigenvalue weighted by Gasteiger charge is 2.43. The van der Waals surface area contributed by atoms with Crippen LogP contribution in [0.1, 0.15) is 54.9 Å². The summed E-state index contributed by atoms with van der Waals surface area (Å²) >= 11 is 0. The molecule has 2 bridgehead atoms. The van der Waals surface area contributed by atoms with Gasteiger partial charge in [0.2, 0.25) is 11.5 Å². The summed E-state index contributed by atoms with van der Waals surface area (Å²) in [5.41, 5.74) is 0.148. The Morgan fingerprint density at radius 1 is 1.39 bits per heavy atom. The van der Waals surface area contributed by atoms with E-state index in [1.54, 1.807) is 16.8 Å². The highest BCUT2D eigenvalue weighted by atomic mass is 16.5. The molecule has 2 aromatic heterocycles. The summed E-state index contributed by atoms with van der Waals surface area (Å²) in [6.45, 7) is 3.75. The summed E-state index contributed by atoms with van der Waals surface area (Å²) in [5, 5.41) is 16.8. The number of fused-ring (bicyclic) bond motifs is 3. The van der Waals surface area contributed by atoms with Crippen molar-refractivity contribution < 1.29 is 24.0 Å². The van der Waals surface area contributed by atoms with E-state index in [4.69, 9.17) is 4.74 Å². The maximum absolute atomic E-state index is 13.2. The Kier molecular flexibility index (Phi) is 4.45. The van der Waals surface area contributed by atoms with Crippen molar-refractivity contribution in [2.24, 2.45) is 5.41 Å². The minimum Gasteiger partial charge on any atom is -0.477 e. The van der Waals surface area contributed by atoms with Crippen molar-refractivity contribution in [1.82, 2.24) is 19.8 Å². The van der Waals surface area contributed by atoms with E-state index < -0.39 is 11.5 Å². The fraction of sp³-hybridized carbons (Fsp3) is 0.565. The van der Waals surface area contributed by atoms with E-state index in [-0.39, 0.29) is 41.0 Å². The normalized spacial score (nSPS) is 25.3. The van der Waals surface area contributed by atoms with E-state index in [9.17, 15) is 19.5 Å². The molecule has 33 heavy (non-hydrogen) atoms. The van der Waals surface area contributed by atoms with Gasteiger partial charge in [-0.2, -0.15) is 4.57 Å². The third-order valence-electron chi connectivity index (χ3n) is 7.34. The van der Waals surface area contributed by atoms with Crippen LogP contribution in [0.4, 0.5) is 0 Å².